The van der Waals surface area contributed by atoms with Crippen LogP contribution in [0.2, 0.25) is 0 Å². The van der Waals surface area contributed by atoms with E-state index in [4.69, 9.17) is 9.52 Å². The van der Waals surface area contributed by atoms with Crippen LogP contribution >= 0.6 is 15.9 Å². The van der Waals surface area contributed by atoms with Gasteiger partial charge < -0.3 is 14.8 Å². The zero-order valence-corrected chi connectivity index (χ0v) is 11.3. The minimum Gasteiger partial charge on any atom is -0.481 e. The molecule has 0 spiro atoms. The number of carboxylic acid groups (broad SMARTS) is 1. The molecular weight excluding hydrogens is 314 g/mol. The van der Waals surface area contributed by atoms with Gasteiger partial charge in [0.05, 0.1) is 18.2 Å². The number of carbonyl (C=O) groups excluding carboxylic acids is 1. The van der Waals surface area contributed by atoms with E-state index >= 15 is 0 Å². The number of aliphatic carboxylic acids is 1. The molecule has 1 heterocycles. The third-order valence-corrected chi connectivity index (χ3v) is 3.04. The van der Waals surface area contributed by atoms with Crippen LogP contribution in [0, 0.1) is 0 Å². The third-order valence-electron chi connectivity index (χ3n) is 2.43. The molecule has 0 aliphatic rings. The molecule has 0 aliphatic heterocycles. The van der Waals surface area contributed by atoms with E-state index in [0.29, 0.717) is 21.5 Å². The Balaban J connectivity index is 2.06. The second-order valence-electron chi connectivity index (χ2n) is 3.83. The lowest BCUT2D eigenvalue weighted by molar-refractivity contribution is -0.136. The fourth-order valence-electron chi connectivity index (χ4n) is 1.53. The number of carbonyl (C=O) groups is 2. The van der Waals surface area contributed by atoms with Crippen LogP contribution in [0.25, 0.3) is 0 Å². The van der Waals surface area contributed by atoms with Crippen molar-refractivity contribution in [3.8, 4) is 0 Å². The predicted octanol–water partition coefficient (Wildman–Crippen LogP) is 2.92. The number of carboxylic acids is 1. The standard InChI is InChI=1S/C13H10BrNO4/c14-12-10(5-6-19-12)13(18)15-9-3-1-8(2-4-9)7-11(16)17/h1-6H,7H2,(H,15,18)(H,16,17). The van der Waals surface area contributed by atoms with Gasteiger partial charge in [0.1, 0.15) is 0 Å². The van der Waals surface area contributed by atoms with Crippen molar-refractivity contribution in [3.05, 3.63) is 52.4 Å². The second-order valence-corrected chi connectivity index (χ2v) is 4.55. The maximum atomic E-state index is 11.9. The van der Waals surface area contributed by atoms with Gasteiger partial charge in [-0.1, -0.05) is 12.1 Å². The van der Waals surface area contributed by atoms with Crippen LogP contribution in [-0.2, 0) is 11.2 Å². The Labute approximate surface area is 117 Å². The van der Waals surface area contributed by atoms with Crippen LogP contribution in [0.3, 0.4) is 0 Å². The Morgan fingerprint density at radius 3 is 2.42 bits per heavy atom. The number of amides is 1. The first-order valence-corrected chi connectivity index (χ1v) is 6.20. The number of nitrogens with one attached hydrogen (secondary N) is 1. The van der Waals surface area contributed by atoms with E-state index in [-0.39, 0.29) is 12.3 Å². The van der Waals surface area contributed by atoms with Gasteiger partial charge >= 0.3 is 5.97 Å². The first-order chi connectivity index (χ1) is 9.06. The summed E-state index contributed by atoms with van der Waals surface area (Å²) in [6.07, 6.45) is 1.37. The van der Waals surface area contributed by atoms with Crippen molar-refractivity contribution >= 4 is 33.5 Å². The zero-order valence-electron chi connectivity index (χ0n) is 9.72. The van der Waals surface area contributed by atoms with Gasteiger partial charge in [0, 0.05) is 5.69 Å². The third kappa shape index (κ3) is 3.45. The highest BCUT2D eigenvalue weighted by molar-refractivity contribution is 9.10. The lowest BCUT2D eigenvalue weighted by Crippen LogP contribution is -2.11. The Morgan fingerprint density at radius 2 is 1.89 bits per heavy atom. The van der Waals surface area contributed by atoms with Gasteiger partial charge in [-0.3, -0.25) is 9.59 Å². The van der Waals surface area contributed by atoms with E-state index in [0.717, 1.165) is 0 Å². The van der Waals surface area contributed by atoms with E-state index in [1.54, 1.807) is 30.3 Å². The van der Waals surface area contributed by atoms with Crippen molar-refractivity contribution < 1.29 is 19.1 Å². The van der Waals surface area contributed by atoms with E-state index in [1.807, 2.05) is 0 Å². The number of hydrogen-bond acceptors (Lipinski definition) is 3. The number of hydrogen-bond donors (Lipinski definition) is 2. The van der Waals surface area contributed by atoms with Crippen LogP contribution in [0.5, 0.6) is 0 Å². The van der Waals surface area contributed by atoms with Crippen molar-refractivity contribution in [2.75, 3.05) is 5.32 Å². The molecule has 0 saturated heterocycles. The summed E-state index contributed by atoms with van der Waals surface area (Å²) in [6, 6.07) is 8.19. The number of benzene rings is 1. The molecule has 2 N–H and O–H groups in total. The molecule has 19 heavy (non-hydrogen) atoms. The van der Waals surface area contributed by atoms with Gasteiger partial charge in [0.2, 0.25) is 0 Å². The Morgan fingerprint density at radius 1 is 1.21 bits per heavy atom. The normalized spacial score (nSPS) is 10.2. The highest BCUT2D eigenvalue weighted by Gasteiger charge is 2.12. The smallest absolute Gasteiger partial charge is 0.307 e. The van der Waals surface area contributed by atoms with Crippen LogP contribution in [0.4, 0.5) is 5.69 Å². The Hall–Kier alpha value is -2.08. The van der Waals surface area contributed by atoms with Gasteiger partial charge in [-0.2, -0.15) is 0 Å². The largest absolute Gasteiger partial charge is 0.481 e. The number of anilines is 1. The molecular formula is C13H10BrNO4. The first kappa shape index (κ1) is 13.4. The molecule has 6 heteroatoms. The van der Waals surface area contributed by atoms with Crippen molar-refractivity contribution in [3.63, 3.8) is 0 Å². The molecule has 0 aliphatic carbocycles. The minimum absolute atomic E-state index is 0.0402. The highest BCUT2D eigenvalue weighted by atomic mass is 79.9. The van der Waals surface area contributed by atoms with Gasteiger partial charge in [0.15, 0.2) is 4.67 Å². The fraction of sp³-hybridized carbons (Fsp3) is 0.0769. The summed E-state index contributed by atoms with van der Waals surface area (Å²) < 4.78 is 5.34. The SMILES string of the molecule is O=C(O)Cc1ccc(NC(=O)c2ccoc2Br)cc1. The lowest BCUT2D eigenvalue weighted by Gasteiger charge is -2.05. The van der Waals surface area contributed by atoms with Crippen molar-refractivity contribution in [1.29, 1.82) is 0 Å². The van der Waals surface area contributed by atoms with Crippen LogP contribution in [0.15, 0.2) is 45.7 Å². The molecule has 5 nitrogen and oxygen atoms in total. The quantitative estimate of drug-likeness (QED) is 0.906. The average Bonchev–Trinajstić information content (AvgIpc) is 2.77. The number of halogens is 1. The molecule has 0 saturated carbocycles. The molecule has 0 radical (unpaired) electrons. The molecule has 0 fully saturated rings. The topological polar surface area (TPSA) is 79.5 Å². The van der Waals surface area contributed by atoms with Gasteiger partial charge in [0.25, 0.3) is 5.91 Å². The Kier molecular flexibility index (Phi) is 4.01. The Bertz CT molecular complexity index is 603. The summed E-state index contributed by atoms with van der Waals surface area (Å²) in [5, 5.41) is 11.3. The van der Waals surface area contributed by atoms with E-state index in [9.17, 15) is 9.59 Å². The summed E-state index contributed by atoms with van der Waals surface area (Å²) >= 11 is 3.13. The van der Waals surface area contributed by atoms with Crippen molar-refractivity contribution in [1.82, 2.24) is 0 Å². The molecule has 0 bridgehead atoms. The summed E-state index contributed by atoms with van der Waals surface area (Å²) in [4.78, 5) is 22.4. The molecule has 1 aromatic carbocycles. The second kappa shape index (κ2) is 5.71. The number of rotatable bonds is 4. The van der Waals surface area contributed by atoms with Crippen LogP contribution < -0.4 is 5.32 Å². The van der Waals surface area contributed by atoms with Crippen LogP contribution in [-0.4, -0.2) is 17.0 Å². The molecule has 1 aromatic heterocycles. The maximum Gasteiger partial charge on any atom is 0.307 e. The summed E-state index contributed by atoms with van der Waals surface area (Å²) in [5.41, 5.74) is 1.66. The van der Waals surface area contributed by atoms with Gasteiger partial charge in [-0.15, -0.1) is 0 Å². The molecule has 2 aromatic rings. The fourth-order valence-corrected chi connectivity index (χ4v) is 1.95. The van der Waals surface area contributed by atoms with Gasteiger partial charge in [-0.25, -0.2) is 0 Å². The highest BCUT2D eigenvalue weighted by Crippen LogP contribution is 2.19. The molecule has 2 rings (SSSR count). The molecule has 98 valence electrons. The zero-order chi connectivity index (χ0) is 13.8. The van der Waals surface area contributed by atoms with Crippen molar-refractivity contribution in [2.45, 2.75) is 6.42 Å². The molecule has 0 atom stereocenters. The monoisotopic (exact) mass is 323 g/mol. The van der Waals surface area contributed by atoms with Gasteiger partial charge in [-0.05, 0) is 39.7 Å². The lowest BCUT2D eigenvalue weighted by atomic mass is 10.1. The van der Waals surface area contributed by atoms with Crippen LogP contribution in [0.1, 0.15) is 15.9 Å². The van der Waals surface area contributed by atoms with E-state index in [1.165, 1.54) is 6.26 Å². The van der Waals surface area contributed by atoms with Crippen molar-refractivity contribution in [2.24, 2.45) is 0 Å². The summed E-state index contributed by atoms with van der Waals surface area (Å²) in [6.45, 7) is 0. The summed E-state index contributed by atoms with van der Waals surface area (Å²) in [7, 11) is 0. The predicted molar refractivity (Wildman–Crippen MR) is 72.1 cm³/mol. The van der Waals surface area contributed by atoms with E-state index < -0.39 is 5.97 Å². The summed E-state index contributed by atoms with van der Waals surface area (Å²) in [5.74, 6) is -1.19. The number of furan rings is 1. The minimum atomic E-state index is -0.890. The molecule has 0 unspecified atom stereocenters. The van der Waals surface area contributed by atoms with E-state index in [2.05, 4.69) is 21.2 Å². The first-order valence-electron chi connectivity index (χ1n) is 5.41. The average molecular weight is 324 g/mol. The molecule has 1 amide bonds. The maximum absolute atomic E-state index is 11.9.